The lowest BCUT2D eigenvalue weighted by atomic mass is 10.1. The number of aliphatic hydroxyl groups is 1. The van der Waals surface area contributed by atoms with Crippen LogP contribution >= 0.6 is 0 Å². The van der Waals surface area contributed by atoms with Crippen LogP contribution in [0.15, 0.2) is 4.52 Å². The van der Waals surface area contributed by atoms with Crippen LogP contribution in [0.25, 0.3) is 0 Å². The minimum absolute atomic E-state index is 0.214. The summed E-state index contributed by atoms with van der Waals surface area (Å²) in [5.41, 5.74) is 0. The Balaban J connectivity index is 2.55. The first-order valence-electron chi connectivity index (χ1n) is 6.69. The Labute approximate surface area is 109 Å². The summed E-state index contributed by atoms with van der Waals surface area (Å²) in [7, 11) is 0. The van der Waals surface area contributed by atoms with Crippen molar-refractivity contribution in [2.45, 2.75) is 53.1 Å². The Morgan fingerprint density at radius 1 is 1.28 bits per heavy atom. The molecule has 1 aromatic rings. The lowest BCUT2D eigenvalue weighted by Gasteiger charge is -2.24. The van der Waals surface area contributed by atoms with Gasteiger partial charge in [0.15, 0.2) is 5.82 Å². The van der Waals surface area contributed by atoms with E-state index in [0.717, 1.165) is 25.2 Å². The van der Waals surface area contributed by atoms with Gasteiger partial charge in [-0.05, 0) is 26.2 Å². The molecule has 0 atom stereocenters. The van der Waals surface area contributed by atoms with Gasteiger partial charge in [-0.15, -0.1) is 0 Å². The van der Waals surface area contributed by atoms with E-state index in [1.165, 1.54) is 0 Å². The largest absolute Gasteiger partial charge is 0.396 e. The quantitative estimate of drug-likeness (QED) is 0.768. The fraction of sp³-hybridized carbons (Fsp3) is 0.846. The van der Waals surface area contributed by atoms with Crippen LogP contribution in [0.4, 0.5) is 0 Å². The van der Waals surface area contributed by atoms with Gasteiger partial charge in [0.05, 0.1) is 6.54 Å². The standard InChI is InChI=1S/C13H25N3O2/c1-10(2)8-12-14-13(18-15-12)9-16(11(3)4)6-5-7-17/h10-11,17H,5-9H2,1-4H3. The molecule has 5 nitrogen and oxygen atoms in total. The van der Waals surface area contributed by atoms with Gasteiger partial charge in [0.2, 0.25) is 5.89 Å². The summed E-state index contributed by atoms with van der Waals surface area (Å²) in [6, 6.07) is 0.400. The number of nitrogens with zero attached hydrogens (tertiary/aromatic N) is 3. The summed E-state index contributed by atoms with van der Waals surface area (Å²) >= 11 is 0. The highest BCUT2D eigenvalue weighted by molar-refractivity contribution is 4.88. The van der Waals surface area contributed by atoms with Crippen molar-refractivity contribution in [3.05, 3.63) is 11.7 Å². The van der Waals surface area contributed by atoms with Crippen LogP contribution in [-0.2, 0) is 13.0 Å². The van der Waals surface area contributed by atoms with Gasteiger partial charge in [0.25, 0.3) is 0 Å². The second-order valence-electron chi connectivity index (χ2n) is 5.34. The fourth-order valence-electron chi connectivity index (χ4n) is 1.77. The predicted molar refractivity (Wildman–Crippen MR) is 70.1 cm³/mol. The van der Waals surface area contributed by atoms with Gasteiger partial charge in [-0.1, -0.05) is 19.0 Å². The van der Waals surface area contributed by atoms with Crippen molar-refractivity contribution in [3.63, 3.8) is 0 Å². The van der Waals surface area contributed by atoms with Crippen molar-refractivity contribution in [2.75, 3.05) is 13.2 Å². The van der Waals surface area contributed by atoms with E-state index < -0.39 is 0 Å². The minimum Gasteiger partial charge on any atom is -0.396 e. The highest BCUT2D eigenvalue weighted by Crippen LogP contribution is 2.09. The highest BCUT2D eigenvalue weighted by atomic mass is 16.5. The van der Waals surface area contributed by atoms with E-state index in [0.29, 0.717) is 24.4 Å². The van der Waals surface area contributed by atoms with Crippen LogP contribution in [0.3, 0.4) is 0 Å². The second-order valence-corrected chi connectivity index (χ2v) is 5.34. The zero-order valence-electron chi connectivity index (χ0n) is 11.9. The maximum Gasteiger partial charge on any atom is 0.240 e. The molecule has 0 aliphatic rings. The van der Waals surface area contributed by atoms with E-state index in [-0.39, 0.29) is 6.61 Å². The minimum atomic E-state index is 0.214. The summed E-state index contributed by atoms with van der Waals surface area (Å²) in [4.78, 5) is 6.62. The molecule has 0 fully saturated rings. The molecule has 1 rings (SSSR count). The van der Waals surface area contributed by atoms with Crippen molar-refractivity contribution in [1.82, 2.24) is 15.0 Å². The first kappa shape index (κ1) is 15.1. The summed E-state index contributed by atoms with van der Waals surface area (Å²) < 4.78 is 5.26. The number of hydrogen-bond acceptors (Lipinski definition) is 5. The van der Waals surface area contributed by atoms with Crippen LogP contribution in [0.2, 0.25) is 0 Å². The van der Waals surface area contributed by atoms with Crippen molar-refractivity contribution >= 4 is 0 Å². The number of hydrogen-bond donors (Lipinski definition) is 1. The van der Waals surface area contributed by atoms with Crippen molar-refractivity contribution in [1.29, 1.82) is 0 Å². The predicted octanol–water partition coefficient (Wildman–Crippen LogP) is 1.86. The first-order valence-corrected chi connectivity index (χ1v) is 6.69. The van der Waals surface area contributed by atoms with Crippen molar-refractivity contribution < 1.29 is 9.63 Å². The molecule has 0 aliphatic carbocycles. The molecule has 1 aromatic heterocycles. The average molecular weight is 255 g/mol. The summed E-state index contributed by atoms with van der Waals surface area (Å²) in [5, 5.41) is 12.9. The number of aliphatic hydroxyl groups excluding tert-OH is 1. The van der Waals surface area contributed by atoms with E-state index in [9.17, 15) is 0 Å². The van der Waals surface area contributed by atoms with Gasteiger partial charge in [-0.25, -0.2) is 0 Å². The maximum absolute atomic E-state index is 8.89. The molecule has 0 aromatic carbocycles. The molecule has 0 spiro atoms. The zero-order chi connectivity index (χ0) is 13.5. The highest BCUT2D eigenvalue weighted by Gasteiger charge is 2.14. The SMILES string of the molecule is CC(C)Cc1noc(CN(CCCO)C(C)C)n1. The van der Waals surface area contributed by atoms with Crippen LogP contribution in [0.5, 0.6) is 0 Å². The van der Waals surface area contributed by atoms with E-state index in [1.807, 2.05) is 0 Å². The third-order valence-corrected chi connectivity index (χ3v) is 2.77. The average Bonchev–Trinajstić information content (AvgIpc) is 2.70. The van der Waals surface area contributed by atoms with E-state index in [2.05, 4.69) is 42.7 Å². The Morgan fingerprint density at radius 3 is 2.56 bits per heavy atom. The molecule has 0 saturated heterocycles. The first-order chi connectivity index (χ1) is 8.52. The normalized spacial score (nSPS) is 12.0. The third kappa shape index (κ3) is 5.14. The summed E-state index contributed by atoms with van der Waals surface area (Å²) in [6.45, 7) is 10.2. The molecule has 104 valence electrons. The lowest BCUT2D eigenvalue weighted by Crippen LogP contribution is -2.31. The van der Waals surface area contributed by atoms with E-state index in [1.54, 1.807) is 0 Å². The van der Waals surface area contributed by atoms with Gasteiger partial charge < -0.3 is 9.63 Å². The van der Waals surface area contributed by atoms with Crippen molar-refractivity contribution in [3.8, 4) is 0 Å². The van der Waals surface area contributed by atoms with E-state index >= 15 is 0 Å². The smallest absolute Gasteiger partial charge is 0.240 e. The Bertz CT molecular complexity index is 337. The molecule has 5 heteroatoms. The van der Waals surface area contributed by atoms with Gasteiger partial charge >= 0.3 is 0 Å². The molecule has 18 heavy (non-hydrogen) atoms. The summed E-state index contributed by atoms with van der Waals surface area (Å²) in [5.74, 6) is 1.98. The Kier molecular flexibility index (Phi) is 6.29. The topological polar surface area (TPSA) is 62.4 Å². The summed E-state index contributed by atoms with van der Waals surface area (Å²) in [6.07, 6.45) is 1.62. The van der Waals surface area contributed by atoms with Crippen molar-refractivity contribution in [2.24, 2.45) is 5.92 Å². The Morgan fingerprint density at radius 2 is 2.00 bits per heavy atom. The third-order valence-electron chi connectivity index (χ3n) is 2.77. The van der Waals surface area contributed by atoms with Gasteiger partial charge in [0.1, 0.15) is 0 Å². The molecular formula is C13H25N3O2. The maximum atomic E-state index is 8.89. The molecular weight excluding hydrogens is 230 g/mol. The molecule has 1 heterocycles. The molecule has 0 bridgehead atoms. The van der Waals surface area contributed by atoms with E-state index in [4.69, 9.17) is 9.63 Å². The number of aromatic nitrogens is 2. The number of rotatable bonds is 8. The second kappa shape index (κ2) is 7.48. The molecule has 1 N–H and O–H groups in total. The monoisotopic (exact) mass is 255 g/mol. The fourth-order valence-corrected chi connectivity index (χ4v) is 1.77. The van der Waals surface area contributed by atoms with Gasteiger partial charge in [-0.3, -0.25) is 4.90 Å². The lowest BCUT2D eigenvalue weighted by molar-refractivity contribution is 0.165. The molecule has 0 radical (unpaired) electrons. The van der Waals surface area contributed by atoms with Crippen LogP contribution in [0, 0.1) is 5.92 Å². The van der Waals surface area contributed by atoms with Gasteiger partial charge in [-0.2, -0.15) is 4.98 Å². The molecule has 0 unspecified atom stereocenters. The molecule has 0 saturated carbocycles. The van der Waals surface area contributed by atoms with Crippen LogP contribution in [0.1, 0.15) is 45.8 Å². The Hall–Kier alpha value is -0.940. The molecule has 0 aliphatic heterocycles. The van der Waals surface area contributed by atoms with Crippen LogP contribution < -0.4 is 0 Å². The van der Waals surface area contributed by atoms with Crippen LogP contribution in [-0.4, -0.2) is 39.3 Å². The zero-order valence-corrected chi connectivity index (χ0v) is 11.9. The van der Waals surface area contributed by atoms with Gasteiger partial charge in [0, 0.05) is 25.6 Å². The molecule has 0 amide bonds.